The Kier molecular flexibility index (Phi) is 5.52. The summed E-state index contributed by atoms with van der Waals surface area (Å²) in [6.07, 6.45) is 0.0310. The average Bonchev–Trinajstić information content (AvgIpc) is 2.46. The van der Waals surface area contributed by atoms with E-state index in [0.29, 0.717) is 18.9 Å². The maximum atomic E-state index is 12.8. The molecule has 1 heterocycles. The third-order valence-corrected chi connectivity index (χ3v) is 3.42. The Morgan fingerprint density at radius 3 is 2.86 bits per heavy atom. The van der Waals surface area contributed by atoms with Crippen LogP contribution in [0.2, 0.25) is 0 Å². The van der Waals surface area contributed by atoms with Crippen molar-refractivity contribution in [2.75, 3.05) is 46.9 Å². The molecule has 116 valence electrons. The summed E-state index contributed by atoms with van der Waals surface area (Å²) in [5.74, 6) is 0.0207. The molecule has 0 spiro atoms. The summed E-state index contributed by atoms with van der Waals surface area (Å²) in [4.78, 5) is 15.8. The summed E-state index contributed by atoms with van der Waals surface area (Å²) in [6.45, 7) is 2.90. The molecule has 1 aliphatic heterocycles. The van der Waals surface area contributed by atoms with Crippen LogP contribution in [0.5, 0.6) is 5.75 Å². The van der Waals surface area contributed by atoms with E-state index < -0.39 is 0 Å². The van der Waals surface area contributed by atoms with Crippen molar-refractivity contribution in [1.82, 2.24) is 9.80 Å². The van der Waals surface area contributed by atoms with E-state index >= 15 is 0 Å². The quantitative estimate of drug-likeness (QED) is 0.813. The van der Waals surface area contributed by atoms with Gasteiger partial charge in [-0.3, -0.25) is 4.79 Å². The lowest BCUT2D eigenvalue weighted by Gasteiger charge is -2.32. The van der Waals surface area contributed by atoms with Crippen molar-refractivity contribution in [3.8, 4) is 5.75 Å². The number of carbonyl (C=O) groups is 1. The normalized spacial score (nSPS) is 19.3. The van der Waals surface area contributed by atoms with Crippen LogP contribution in [0.25, 0.3) is 0 Å². The highest BCUT2D eigenvalue weighted by atomic mass is 19.1. The van der Waals surface area contributed by atoms with Crippen molar-refractivity contribution in [1.29, 1.82) is 0 Å². The van der Waals surface area contributed by atoms with Crippen molar-refractivity contribution < 1.29 is 18.7 Å². The van der Waals surface area contributed by atoms with Crippen LogP contribution in [-0.4, -0.2) is 68.8 Å². The molecule has 0 aromatic heterocycles. The van der Waals surface area contributed by atoms with Crippen LogP contribution >= 0.6 is 0 Å². The van der Waals surface area contributed by atoms with Gasteiger partial charge < -0.3 is 19.3 Å². The fraction of sp³-hybridized carbons (Fsp3) is 0.533. The molecule has 1 atom stereocenters. The van der Waals surface area contributed by atoms with Crippen molar-refractivity contribution in [3.63, 3.8) is 0 Å². The molecule has 1 amide bonds. The zero-order valence-electron chi connectivity index (χ0n) is 12.4. The molecular formula is C15H21FN2O3. The summed E-state index contributed by atoms with van der Waals surface area (Å²) in [5.41, 5.74) is 0. The highest BCUT2D eigenvalue weighted by Crippen LogP contribution is 2.11. The first-order chi connectivity index (χ1) is 10.0. The van der Waals surface area contributed by atoms with E-state index in [1.165, 1.54) is 24.3 Å². The number of morpholine rings is 1. The van der Waals surface area contributed by atoms with E-state index in [1.807, 2.05) is 7.05 Å². The molecule has 1 saturated heterocycles. The van der Waals surface area contributed by atoms with Gasteiger partial charge in [0, 0.05) is 26.7 Å². The second-order valence-electron chi connectivity index (χ2n) is 5.27. The van der Waals surface area contributed by atoms with Gasteiger partial charge in [-0.05, 0) is 31.3 Å². The molecule has 0 saturated carbocycles. The Labute approximate surface area is 124 Å². The number of ether oxygens (including phenoxy) is 2. The Bertz CT molecular complexity index is 466. The number of amides is 1. The molecule has 2 rings (SSSR count). The van der Waals surface area contributed by atoms with Crippen LogP contribution in [0.3, 0.4) is 0 Å². The molecule has 1 aromatic carbocycles. The summed E-state index contributed by atoms with van der Waals surface area (Å²) >= 11 is 0. The predicted octanol–water partition coefficient (Wildman–Crippen LogP) is 0.993. The van der Waals surface area contributed by atoms with Crippen molar-refractivity contribution in [2.24, 2.45) is 0 Å². The van der Waals surface area contributed by atoms with Crippen molar-refractivity contribution >= 4 is 5.91 Å². The zero-order chi connectivity index (χ0) is 15.2. The van der Waals surface area contributed by atoms with Gasteiger partial charge in [-0.1, -0.05) is 0 Å². The maximum absolute atomic E-state index is 12.8. The van der Waals surface area contributed by atoms with Gasteiger partial charge >= 0.3 is 0 Å². The molecule has 1 aromatic rings. The van der Waals surface area contributed by atoms with Gasteiger partial charge in [0.1, 0.15) is 11.6 Å². The number of nitrogens with zero attached hydrogens (tertiary/aromatic N) is 2. The minimum Gasteiger partial charge on any atom is -0.484 e. The topological polar surface area (TPSA) is 42.0 Å². The van der Waals surface area contributed by atoms with E-state index in [9.17, 15) is 9.18 Å². The van der Waals surface area contributed by atoms with Gasteiger partial charge in [-0.25, -0.2) is 4.39 Å². The van der Waals surface area contributed by atoms with Gasteiger partial charge in [0.25, 0.3) is 5.91 Å². The number of rotatable bonds is 5. The van der Waals surface area contributed by atoms with E-state index in [-0.39, 0.29) is 24.4 Å². The number of likely N-dealkylation sites (N-methyl/N-ethyl adjacent to an activating group) is 2. The smallest absolute Gasteiger partial charge is 0.260 e. The number of hydrogen-bond acceptors (Lipinski definition) is 4. The standard InChI is InChI=1S/C15H21FN2O3/c1-17-7-8-20-14(9-17)10-18(2)15(19)11-21-13-5-3-12(16)4-6-13/h3-6,14H,7-11H2,1-2H3. The van der Waals surface area contributed by atoms with Crippen LogP contribution in [0.4, 0.5) is 4.39 Å². The molecule has 6 heteroatoms. The number of carbonyl (C=O) groups excluding carboxylic acids is 1. The van der Waals surface area contributed by atoms with E-state index in [2.05, 4.69) is 4.90 Å². The molecular weight excluding hydrogens is 275 g/mol. The first kappa shape index (κ1) is 15.7. The zero-order valence-corrected chi connectivity index (χ0v) is 12.4. The van der Waals surface area contributed by atoms with Crippen LogP contribution in [-0.2, 0) is 9.53 Å². The first-order valence-corrected chi connectivity index (χ1v) is 6.97. The van der Waals surface area contributed by atoms with Crippen LogP contribution < -0.4 is 4.74 Å². The predicted molar refractivity (Wildman–Crippen MR) is 76.8 cm³/mol. The Hall–Kier alpha value is -1.66. The lowest BCUT2D eigenvalue weighted by atomic mass is 10.2. The molecule has 21 heavy (non-hydrogen) atoms. The van der Waals surface area contributed by atoms with Crippen LogP contribution in [0.1, 0.15) is 0 Å². The minimum atomic E-state index is -0.329. The third kappa shape index (κ3) is 4.99. The first-order valence-electron chi connectivity index (χ1n) is 6.97. The number of hydrogen-bond donors (Lipinski definition) is 0. The molecule has 0 N–H and O–H groups in total. The van der Waals surface area contributed by atoms with Gasteiger partial charge in [-0.2, -0.15) is 0 Å². The fourth-order valence-corrected chi connectivity index (χ4v) is 2.17. The summed E-state index contributed by atoms with van der Waals surface area (Å²) in [7, 11) is 3.77. The molecule has 1 fully saturated rings. The molecule has 0 aliphatic carbocycles. The maximum Gasteiger partial charge on any atom is 0.260 e. The highest BCUT2D eigenvalue weighted by Gasteiger charge is 2.21. The van der Waals surface area contributed by atoms with Crippen LogP contribution in [0, 0.1) is 5.82 Å². The molecule has 1 unspecified atom stereocenters. The van der Waals surface area contributed by atoms with Crippen LogP contribution in [0.15, 0.2) is 24.3 Å². The van der Waals surface area contributed by atoms with E-state index in [4.69, 9.17) is 9.47 Å². The lowest BCUT2D eigenvalue weighted by molar-refractivity contribution is -0.135. The summed E-state index contributed by atoms with van der Waals surface area (Å²) < 4.78 is 23.7. The second-order valence-corrected chi connectivity index (χ2v) is 5.27. The largest absolute Gasteiger partial charge is 0.484 e. The summed E-state index contributed by atoms with van der Waals surface area (Å²) in [5, 5.41) is 0. The Balaban J connectivity index is 1.75. The SMILES string of the molecule is CN1CCOC(CN(C)C(=O)COc2ccc(F)cc2)C1. The lowest BCUT2D eigenvalue weighted by Crippen LogP contribution is -2.47. The monoisotopic (exact) mass is 296 g/mol. The average molecular weight is 296 g/mol. The Morgan fingerprint density at radius 1 is 1.48 bits per heavy atom. The molecule has 1 aliphatic rings. The van der Waals surface area contributed by atoms with Gasteiger partial charge in [0.05, 0.1) is 12.7 Å². The fourth-order valence-electron chi connectivity index (χ4n) is 2.17. The molecule has 5 nitrogen and oxygen atoms in total. The van der Waals surface area contributed by atoms with E-state index in [0.717, 1.165) is 13.1 Å². The third-order valence-electron chi connectivity index (χ3n) is 3.42. The number of benzene rings is 1. The van der Waals surface area contributed by atoms with Gasteiger partial charge in [0.15, 0.2) is 6.61 Å². The highest BCUT2D eigenvalue weighted by molar-refractivity contribution is 5.77. The van der Waals surface area contributed by atoms with E-state index in [1.54, 1.807) is 11.9 Å². The van der Waals surface area contributed by atoms with Crippen molar-refractivity contribution in [2.45, 2.75) is 6.10 Å². The van der Waals surface area contributed by atoms with Gasteiger partial charge in [0.2, 0.25) is 0 Å². The molecule has 0 bridgehead atoms. The van der Waals surface area contributed by atoms with Gasteiger partial charge in [-0.15, -0.1) is 0 Å². The summed E-state index contributed by atoms with van der Waals surface area (Å²) in [6, 6.07) is 5.61. The van der Waals surface area contributed by atoms with Crippen molar-refractivity contribution in [3.05, 3.63) is 30.1 Å². The minimum absolute atomic E-state index is 0.0310. The number of halogens is 1. The molecule has 0 radical (unpaired) electrons. The second kappa shape index (κ2) is 7.38. The Morgan fingerprint density at radius 2 is 2.19 bits per heavy atom.